The normalized spacial score (nSPS) is 18.3. The second-order valence-electron chi connectivity index (χ2n) is 7.59. The van der Waals surface area contributed by atoms with E-state index in [0.717, 1.165) is 37.1 Å². The highest BCUT2D eigenvalue weighted by atomic mass is 15.3. The number of aryl methyl sites for hydroxylation is 2. The fraction of sp³-hybridized carbons (Fsp3) is 0.579. The molecule has 0 saturated carbocycles. The molecule has 0 spiro atoms. The van der Waals surface area contributed by atoms with Gasteiger partial charge in [-0.1, -0.05) is 0 Å². The first-order valence-corrected chi connectivity index (χ1v) is 9.58. The van der Waals surface area contributed by atoms with Crippen LogP contribution in [0.2, 0.25) is 0 Å². The van der Waals surface area contributed by atoms with Gasteiger partial charge in [-0.15, -0.1) is 10.2 Å². The largest absolute Gasteiger partial charge is 0.328 e. The highest BCUT2D eigenvalue weighted by molar-refractivity contribution is 5.16. The molecule has 3 aromatic rings. The van der Waals surface area contributed by atoms with Gasteiger partial charge in [0.05, 0.1) is 12.7 Å². The predicted molar refractivity (Wildman–Crippen MR) is 102 cm³/mol. The van der Waals surface area contributed by atoms with Crippen LogP contribution in [-0.4, -0.2) is 52.1 Å². The molecule has 1 saturated heterocycles. The van der Waals surface area contributed by atoms with E-state index < -0.39 is 0 Å². The van der Waals surface area contributed by atoms with Gasteiger partial charge >= 0.3 is 0 Å². The smallest absolute Gasteiger partial charge is 0.152 e. The van der Waals surface area contributed by atoms with Crippen molar-refractivity contribution in [2.45, 2.75) is 45.7 Å². The van der Waals surface area contributed by atoms with Crippen molar-refractivity contribution >= 4 is 0 Å². The van der Waals surface area contributed by atoms with Gasteiger partial charge in [0.2, 0.25) is 0 Å². The predicted octanol–water partition coefficient (Wildman–Crippen LogP) is 1.79. The van der Waals surface area contributed by atoms with Crippen LogP contribution in [0, 0.1) is 13.8 Å². The maximum atomic E-state index is 4.55. The standard InChI is InChI=1S/C19H28N8/c1-14-17(10-21-25(14)4)12-26-8-5-6-16(11-26)19-23-22-18(24(19)3)13-27-9-7-20-15(27)2/h7,9-10,16H,5-6,8,11-13H2,1-4H3/t16-/m0/s1. The second-order valence-corrected chi connectivity index (χ2v) is 7.59. The summed E-state index contributed by atoms with van der Waals surface area (Å²) in [5.41, 5.74) is 2.56. The van der Waals surface area contributed by atoms with Crippen molar-refractivity contribution in [3.8, 4) is 0 Å². The number of imidazole rings is 1. The maximum absolute atomic E-state index is 4.55. The summed E-state index contributed by atoms with van der Waals surface area (Å²) in [6.07, 6.45) is 8.16. The Hall–Kier alpha value is -2.48. The molecule has 0 N–H and O–H groups in total. The molecule has 27 heavy (non-hydrogen) atoms. The van der Waals surface area contributed by atoms with E-state index in [1.165, 1.54) is 24.1 Å². The molecule has 1 atom stereocenters. The van der Waals surface area contributed by atoms with Gasteiger partial charge in [0, 0.05) is 56.8 Å². The van der Waals surface area contributed by atoms with Gasteiger partial charge in [-0.25, -0.2) is 4.98 Å². The topological polar surface area (TPSA) is 69.6 Å². The average molecular weight is 368 g/mol. The first kappa shape index (κ1) is 17.9. The fourth-order valence-electron chi connectivity index (χ4n) is 3.94. The number of rotatable bonds is 5. The van der Waals surface area contributed by atoms with Crippen LogP contribution in [0.25, 0.3) is 0 Å². The highest BCUT2D eigenvalue weighted by Crippen LogP contribution is 2.27. The van der Waals surface area contributed by atoms with Crippen LogP contribution in [0.15, 0.2) is 18.6 Å². The van der Waals surface area contributed by atoms with Crippen LogP contribution in [0.1, 0.15) is 47.5 Å². The fourth-order valence-corrected chi connectivity index (χ4v) is 3.94. The lowest BCUT2D eigenvalue weighted by Gasteiger charge is -2.32. The van der Waals surface area contributed by atoms with E-state index in [2.05, 4.69) is 48.3 Å². The molecule has 8 heteroatoms. The Bertz CT molecular complexity index is 918. The van der Waals surface area contributed by atoms with Crippen molar-refractivity contribution in [2.24, 2.45) is 14.1 Å². The van der Waals surface area contributed by atoms with Gasteiger partial charge in [-0.05, 0) is 33.2 Å². The Labute approximate surface area is 159 Å². The second kappa shape index (κ2) is 7.26. The van der Waals surface area contributed by atoms with Gasteiger partial charge < -0.3 is 9.13 Å². The van der Waals surface area contributed by atoms with Crippen molar-refractivity contribution in [2.75, 3.05) is 13.1 Å². The van der Waals surface area contributed by atoms with Crippen LogP contribution in [0.4, 0.5) is 0 Å². The van der Waals surface area contributed by atoms with Crippen LogP contribution in [0.5, 0.6) is 0 Å². The van der Waals surface area contributed by atoms with Crippen molar-refractivity contribution in [1.82, 2.24) is 39.0 Å². The maximum Gasteiger partial charge on any atom is 0.152 e. The molecular formula is C19H28N8. The minimum absolute atomic E-state index is 0.422. The number of hydrogen-bond acceptors (Lipinski definition) is 5. The monoisotopic (exact) mass is 368 g/mol. The Morgan fingerprint density at radius 1 is 1.15 bits per heavy atom. The third kappa shape index (κ3) is 3.53. The molecule has 0 amide bonds. The van der Waals surface area contributed by atoms with Crippen molar-refractivity contribution in [3.05, 3.63) is 47.3 Å². The summed E-state index contributed by atoms with van der Waals surface area (Å²) >= 11 is 0. The van der Waals surface area contributed by atoms with Crippen LogP contribution < -0.4 is 0 Å². The van der Waals surface area contributed by atoms with Gasteiger partial charge in [-0.3, -0.25) is 9.58 Å². The third-order valence-electron chi connectivity index (χ3n) is 5.84. The summed E-state index contributed by atoms with van der Waals surface area (Å²) in [6.45, 7) is 7.96. The summed E-state index contributed by atoms with van der Waals surface area (Å²) in [7, 11) is 4.09. The zero-order valence-electron chi connectivity index (χ0n) is 16.6. The molecule has 8 nitrogen and oxygen atoms in total. The molecule has 1 aliphatic heterocycles. The molecule has 1 aliphatic rings. The molecule has 3 aromatic heterocycles. The van der Waals surface area contributed by atoms with Gasteiger partial charge in [0.25, 0.3) is 0 Å². The molecule has 4 rings (SSSR count). The number of aromatic nitrogens is 7. The number of likely N-dealkylation sites (tertiary alicyclic amines) is 1. The van der Waals surface area contributed by atoms with Gasteiger partial charge in [0.15, 0.2) is 5.82 Å². The summed E-state index contributed by atoms with van der Waals surface area (Å²) in [5, 5.41) is 13.4. The average Bonchev–Trinajstić information content (AvgIpc) is 3.32. The first-order chi connectivity index (χ1) is 13.0. The Morgan fingerprint density at radius 3 is 2.70 bits per heavy atom. The summed E-state index contributed by atoms with van der Waals surface area (Å²) in [4.78, 5) is 6.81. The summed E-state index contributed by atoms with van der Waals surface area (Å²) in [5.74, 6) is 3.49. The van der Waals surface area contributed by atoms with E-state index in [0.29, 0.717) is 12.5 Å². The number of hydrogen-bond donors (Lipinski definition) is 0. The first-order valence-electron chi connectivity index (χ1n) is 9.58. The Morgan fingerprint density at radius 2 is 2.00 bits per heavy atom. The molecule has 0 aliphatic carbocycles. The summed E-state index contributed by atoms with van der Waals surface area (Å²) < 4.78 is 6.22. The van der Waals surface area contributed by atoms with E-state index >= 15 is 0 Å². The van der Waals surface area contributed by atoms with E-state index in [-0.39, 0.29) is 0 Å². The Balaban J connectivity index is 1.47. The van der Waals surface area contributed by atoms with Crippen molar-refractivity contribution < 1.29 is 0 Å². The minimum atomic E-state index is 0.422. The zero-order chi connectivity index (χ0) is 19.0. The molecular weight excluding hydrogens is 340 g/mol. The lowest BCUT2D eigenvalue weighted by Crippen LogP contribution is -2.35. The number of nitrogens with zero attached hydrogens (tertiary/aromatic N) is 8. The minimum Gasteiger partial charge on any atom is -0.328 e. The lowest BCUT2D eigenvalue weighted by atomic mass is 9.96. The molecule has 0 unspecified atom stereocenters. The van der Waals surface area contributed by atoms with Crippen LogP contribution in [0.3, 0.4) is 0 Å². The molecule has 0 aromatic carbocycles. The molecule has 0 radical (unpaired) electrons. The molecule has 4 heterocycles. The van der Waals surface area contributed by atoms with E-state index in [4.69, 9.17) is 0 Å². The number of piperidine rings is 1. The van der Waals surface area contributed by atoms with E-state index in [9.17, 15) is 0 Å². The lowest BCUT2D eigenvalue weighted by molar-refractivity contribution is 0.194. The summed E-state index contributed by atoms with van der Waals surface area (Å²) in [6, 6.07) is 0. The third-order valence-corrected chi connectivity index (χ3v) is 5.84. The molecule has 0 bridgehead atoms. The van der Waals surface area contributed by atoms with Crippen molar-refractivity contribution in [1.29, 1.82) is 0 Å². The zero-order valence-corrected chi connectivity index (χ0v) is 16.6. The van der Waals surface area contributed by atoms with Crippen LogP contribution >= 0.6 is 0 Å². The van der Waals surface area contributed by atoms with Crippen LogP contribution in [-0.2, 0) is 27.2 Å². The highest BCUT2D eigenvalue weighted by Gasteiger charge is 2.26. The quantitative estimate of drug-likeness (QED) is 0.687. The SMILES string of the molecule is Cc1nccn1Cc1nnc([C@H]2CCCN(Cc3cnn(C)c3C)C2)n1C. The van der Waals surface area contributed by atoms with E-state index in [1.54, 1.807) is 0 Å². The molecule has 1 fully saturated rings. The van der Waals surface area contributed by atoms with Gasteiger partial charge in [0.1, 0.15) is 11.6 Å². The Kier molecular flexibility index (Phi) is 4.82. The molecule has 144 valence electrons. The van der Waals surface area contributed by atoms with Crippen molar-refractivity contribution in [3.63, 3.8) is 0 Å². The van der Waals surface area contributed by atoms with E-state index in [1.807, 2.05) is 37.2 Å². The van der Waals surface area contributed by atoms with Gasteiger partial charge in [-0.2, -0.15) is 5.10 Å².